The first-order valence-electron chi connectivity index (χ1n) is 8.28. The molecule has 1 aliphatic heterocycles. The lowest BCUT2D eigenvalue weighted by Gasteiger charge is -2.46. The molecule has 0 aromatic heterocycles. The van der Waals surface area contributed by atoms with Gasteiger partial charge in [-0.05, 0) is 48.2 Å². The van der Waals surface area contributed by atoms with Gasteiger partial charge in [0.2, 0.25) is 0 Å². The molecule has 0 amide bonds. The van der Waals surface area contributed by atoms with Gasteiger partial charge >= 0.3 is 0 Å². The smallest absolute Gasteiger partial charge is 0.0724 e. The Morgan fingerprint density at radius 1 is 1.08 bits per heavy atom. The Kier molecular flexibility index (Phi) is 4.16. The van der Waals surface area contributed by atoms with Crippen LogP contribution < -0.4 is 0 Å². The maximum atomic E-state index is 6.27. The topological polar surface area (TPSA) is 21.6 Å². The molecule has 2 aromatic carbocycles. The van der Waals surface area contributed by atoms with Crippen molar-refractivity contribution in [3.05, 3.63) is 63.6 Å². The van der Waals surface area contributed by atoms with Gasteiger partial charge in [-0.1, -0.05) is 47.8 Å². The minimum Gasteiger partial charge on any atom is -0.380 e. The number of aliphatic imine (C=N–C) groups is 1. The summed E-state index contributed by atoms with van der Waals surface area (Å²) in [6.07, 6.45) is 5.44. The highest BCUT2D eigenvalue weighted by Crippen LogP contribution is 2.54. The number of fused-ring (bicyclic) bond motifs is 2. The van der Waals surface area contributed by atoms with Crippen LogP contribution in [-0.4, -0.2) is 19.4 Å². The van der Waals surface area contributed by atoms with Crippen molar-refractivity contribution < 1.29 is 4.74 Å². The maximum absolute atomic E-state index is 6.27. The molecule has 0 N–H and O–H groups in total. The van der Waals surface area contributed by atoms with E-state index in [1.54, 1.807) is 7.11 Å². The molecule has 0 radical (unpaired) electrons. The van der Waals surface area contributed by atoms with Crippen LogP contribution in [0, 0.1) is 0 Å². The Labute approximate surface area is 152 Å². The van der Waals surface area contributed by atoms with Crippen LogP contribution in [-0.2, 0) is 10.2 Å². The Morgan fingerprint density at radius 2 is 1.92 bits per heavy atom. The molecule has 1 fully saturated rings. The number of hydrogen-bond donors (Lipinski definition) is 0. The normalized spacial score (nSPS) is 28.3. The molecule has 124 valence electrons. The summed E-state index contributed by atoms with van der Waals surface area (Å²) in [5.41, 5.74) is 3.16. The minimum absolute atomic E-state index is 0.0985. The van der Waals surface area contributed by atoms with Gasteiger partial charge in [0.1, 0.15) is 0 Å². The highest BCUT2D eigenvalue weighted by Gasteiger charge is 2.52. The molecule has 2 nitrogen and oxygen atoms in total. The van der Waals surface area contributed by atoms with Crippen LogP contribution >= 0.6 is 23.2 Å². The molecule has 3 unspecified atom stereocenters. The van der Waals surface area contributed by atoms with E-state index >= 15 is 0 Å². The van der Waals surface area contributed by atoms with Gasteiger partial charge in [0.25, 0.3) is 0 Å². The summed E-state index contributed by atoms with van der Waals surface area (Å²) in [5, 5.41) is 1.49. The molecule has 1 saturated carbocycles. The van der Waals surface area contributed by atoms with Crippen molar-refractivity contribution in [2.45, 2.75) is 36.7 Å². The van der Waals surface area contributed by atoms with Crippen molar-refractivity contribution in [3.8, 4) is 0 Å². The van der Waals surface area contributed by atoms with Crippen molar-refractivity contribution >= 4 is 35.1 Å². The lowest BCUT2D eigenvalue weighted by Crippen LogP contribution is -2.48. The van der Waals surface area contributed by atoms with Gasteiger partial charge in [0.05, 0.1) is 17.2 Å². The van der Waals surface area contributed by atoms with Crippen LogP contribution in [0.15, 0.2) is 47.5 Å². The standard InChI is InChI=1S/C20H19Cl2NO/c1-24-19-7-3-6-16(13-4-2-5-14(21)10-13)20(19)12-23-18-11-15(22)8-9-17(18)20/h2,4-5,8-12,16,19H,3,6-7H2,1H3. The molecule has 2 aromatic rings. The molecule has 0 bridgehead atoms. The summed E-state index contributed by atoms with van der Waals surface area (Å²) >= 11 is 12.4. The van der Waals surface area contributed by atoms with E-state index in [9.17, 15) is 0 Å². The van der Waals surface area contributed by atoms with E-state index in [0.29, 0.717) is 10.9 Å². The molecule has 1 aliphatic carbocycles. The predicted octanol–water partition coefficient (Wildman–Crippen LogP) is 5.93. The van der Waals surface area contributed by atoms with Crippen molar-refractivity contribution in [3.63, 3.8) is 0 Å². The Balaban J connectivity index is 1.90. The lowest BCUT2D eigenvalue weighted by molar-refractivity contribution is 0.0230. The summed E-state index contributed by atoms with van der Waals surface area (Å²) in [4.78, 5) is 4.71. The van der Waals surface area contributed by atoms with Gasteiger partial charge in [-0.25, -0.2) is 0 Å². The minimum atomic E-state index is -0.252. The quantitative estimate of drug-likeness (QED) is 0.650. The Morgan fingerprint density at radius 3 is 2.71 bits per heavy atom. The van der Waals surface area contributed by atoms with Crippen LogP contribution in [0.5, 0.6) is 0 Å². The van der Waals surface area contributed by atoms with Crippen LogP contribution in [0.1, 0.15) is 36.3 Å². The lowest BCUT2D eigenvalue weighted by atomic mass is 9.60. The fraction of sp³-hybridized carbons (Fsp3) is 0.350. The third-order valence-corrected chi connectivity index (χ3v) is 5.92. The third-order valence-electron chi connectivity index (χ3n) is 5.45. The Bertz CT molecular complexity index is 804. The van der Waals surface area contributed by atoms with Gasteiger partial charge in [-0.2, -0.15) is 0 Å². The van der Waals surface area contributed by atoms with E-state index in [0.717, 1.165) is 30.0 Å². The molecule has 2 aliphatic rings. The van der Waals surface area contributed by atoms with Crippen LogP contribution in [0.4, 0.5) is 5.69 Å². The Hall–Kier alpha value is -1.35. The fourth-order valence-corrected chi connectivity index (χ4v) is 4.81. The van der Waals surface area contributed by atoms with Gasteiger partial charge in [0, 0.05) is 29.3 Å². The first-order chi connectivity index (χ1) is 11.6. The number of benzene rings is 2. The van der Waals surface area contributed by atoms with E-state index in [-0.39, 0.29) is 11.5 Å². The second-order valence-electron chi connectivity index (χ2n) is 6.62. The van der Waals surface area contributed by atoms with Crippen LogP contribution in [0.25, 0.3) is 0 Å². The maximum Gasteiger partial charge on any atom is 0.0724 e. The van der Waals surface area contributed by atoms with Crippen LogP contribution in [0.3, 0.4) is 0 Å². The molecule has 4 heteroatoms. The molecule has 1 spiro atoms. The first-order valence-corrected chi connectivity index (χ1v) is 9.04. The molecule has 24 heavy (non-hydrogen) atoms. The average Bonchev–Trinajstić information content (AvgIpc) is 2.94. The number of ether oxygens (including phenoxy) is 1. The monoisotopic (exact) mass is 359 g/mol. The first kappa shape index (κ1) is 16.1. The second kappa shape index (κ2) is 6.18. The van der Waals surface area contributed by atoms with E-state index in [4.69, 9.17) is 32.9 Å². The van der Waals surface area contributed by atoms with E-state index in [1.165, 1.54) is 11.1 Å². The summed E-state index contributed by atoms with van der Waals surface area (Å²) in [5.74, 6) is 0.293. The number of nitrogens with zero attached hydrogens (tertiary/aromatic N) is 1. The number of hydrogen-bond acceptors (Lipinski definition) is 2. The zero-order valence-electron chi connectivity index (χ0n) is 13.5. The summed E-state index contributed by atoms with van der Waals surface area (Å²) in [6.45, 7) is 0. The molecule has 4 rings (SSSR count). The van der Waals surface area contributed by atoms with E-state index in [1.807, 2.05) is 24.3 Å². The predicted molar refractivity (Wildman–Crippen MR) is 100 cm³/mol. The zero-order valence-corrected chi connectivity index (χ0v) is 15.0. The molecular formula is C20H19Cl2NO. The van der Waals surface area contributed by atoms with Crippen LogP contribution in [0.2, 0.25) is 10.0 Å². The summed E-state index contributed by atoms with van der Waals surface area (Å²) < 4.78 is 5.94. The fourth-order valence-electron chi connectivity index (χ4n) is 4.45. The van der Waals surface area contributed by atoms with Crippen molar-refractivity contribution in [2.75, 3.05) is 7.11 Å². The average molecular weight is 360 g/mol. The molecular weight excluding hydrogens is 341 g/mol. The molecule has 0 saturated heterocycles. The van der Waals surface area contributed by atoms with Crippen molar-refractivity contribution in [1.82, 2.24) is 0 Å². The van der Waals surface area contributed by atoms with Crippen molar-refractivity contribution in [2.24, 2.45) is 4.99 Å². The SMILES string of the molecule is COC1CCCC(c2cccc(Cl)c2)C12C=Nc1cc(Cl)ccc12. The van der Waals surface area contributed by atoms with E-state index < -0.39 is 0 Å². The number of rotatable bonds is 2. The largest absolute Gasteiger partial charge is 0.380 e. The number of methoxy groups -OCH3 is 1. The zero-order chi connectivity index (χ0) is 16.7. The van der Waals surface area contributed by atoms with Gasteiger partial charge in [0.15, 0.2) is 0 Å². The summed E-state index contributed by atoms with van der Waals surface area (Å²) in [7, 11) is 1.80. The third kappa shape index (κ3) is 2.40. The number of halogens is 2. The second-order valence-corrected chi connectivity index (χ2v) is 7.49. The van der Waals surface area contributed by atoms with Gasteiger partial charge in [-0.15, -0.1) is 0 Å². The van der Waals surface area contributed by atoms with Gasteiger partial charge in [-0.3, -0.25) is 4.99 Å². The van der Waals surface area contributed by atoms with Gasteiger partial charge < -0.3 is 4.74 Å². The highest BCUT2D eigenvalue weighted by molar-refractivity contribution is 6.31. The summed E-state index contributed by atoms with van der Waals surface area (Å²) in [6, 6.07) is 14.2. The molecule has 1 heterocycles. The highest BCUT2D eigenvalue weighted by atomic mass is 35.5. The van der Waals surface area contributed by atoms with E-state index in [2.05, 4.69) is 24.4 Å². The molecule has 3 atom stereocenters. The van der Waals surface area contributed by atoms with Crippen molar-refractivity contribution in [1.29, 1.82) is 0 Å².